The summed E-state index contributed by atoms with van der Waals surface area (Å²) in [4.78, 5) is 16.1. The van der Waals surface area contributed by atoms with Crippen molar-refractivity contribution in [1.82, 2.24) is 19.5 Å². The molecule has 0 spiro atoms. The molecule has 0 saturated carbocycles. The molecule has 0 amide bonds. The Morgan fingerprint density at radius 2 is 0.779 bits per heavy atom. The summed E-state index contributed by atoms with van der Waals surface area (Å²) in [7, 11) is 0. The number of hydrogen-bond acceptors (Lipinski definition) is 4. The molecule has 0 bridgehead atoms. The summed E-state index contributed by atoms with van der Waals surface area (Å²) in [6.45, 7) is 0. The molecular formula is C63H38N4O. The molecule has 0 saturated heterocycles. The van der Waals surface area contributed by atoms with Crippen molar-refractivity contribution in [1.29, 1.82) is 0 Å². The van der Waals surface area contributed by atoms with Crippen LogP contribution in [0.25, 0.3) is 138 Å². The number of furan rings is 1. The molecule has 0 radical (unpaired) electrons. The maximum Gasteiger partial charge on any atom is 0.167 e. The maximum absolute atomic E-state index is 7.14. The van der Waals surface area contributed by atoms with Crippen molar-refractivity contribution in [3.8, 4) is 62.1 Å². The summed E-state index contributed by atoms with van der Waals surface area (Å²) >= 11 is 0. The Labute approximate surface area is 390 Å². The van der Waals surface area contributed by atoms with Crippen LogP contribution in [0.2, 0.25) is 0 Å². The van der Waals surface area contributed by atoms with Crippen LogP contribution in [0.5, 0.6) is 0 Å². The summed E-state index contributed by atoms with van der Waals surface area (Å²) < 4.78 is 9.55. The molecule has 0 atom stereocenters. The van der Waals surface area contributed by atoms with E-state index in [-0.39, 0.29) is 0 Å². The van der Waals surface area contributed by atoms with Crippen LogP contribution in [0.15, 0.2) is 235 Å². The van der Waals surface area contributed by atoms with Gasteiger partial charge in [-0.15, -0.1) is 0 Å². The van der Waals surface area contributed by atoms with Crippen LogP contribution < -0.4 is 0 Å². The summed E-state index contributed by atoms with van der Waals surface area (Å²) in [6, 6.07) is 81.7. The molecule has 14 aromatic rings. The molecule has 0 unspecified atom stereocenters. The molecule has 5 heteroatoms. The molecule has 68 heavy (non-hydrogen) atoms. The normalized spacial score (nSPS) is 11.8. The molecule has 316 valence electrons. The molecular weight excluding hydrogens is 829 g/mol. The van der Waals surface area contributed by atoms with Crippen molar-refractivity contribution >= 4 is 76.1 Å². The highest BCUT2D eigenvalue weighted by molar-refractivity contribution is 6.19. The van der Waals surface area contributed by atoms with Gasteiger partial charge in [-0.2, -0.15) is 0 Å². The van der Waals surface area contributed by atoms with E-state index < -0.39 is 0 Å². The Bertz CT molecular complexity index is 4210. The second-order valence-corrected chi connectivity index (χ2v) is 17.6. The van der Waals surface area contributed by atoms with E-state index >= 15 is 0 Å². The van der Waals surface area contributed by atoms with Crippen molar-refractivity contribution in [3.05, 3.63) is 231 Å². The van der Waals surface area contributed by atoms with Crippen molar-refractivity contribution in [2.75, 3.05) is 0 Å². The highest BCUT2D eigenvalue weighted by Gasteiger charge is 2.23. The zero-order valence-corrected chi connectivity index (χ0v) is 36.6. The quantitative estimate of drug-likeness (QED) is 0.167. The maximum atomic E-state index is 7.14. The molecule has 3 aromatic heterocycles. The van der Waals surface area contributed by atoms with E-state index in [1.54, 1.807) is 0 Å². The molecule has 0 fully saturated rings. The van der Waals surface area contributed by atoms with E-state index in [1.165, 1.54) is 32.3 Å². The van der Waals surface area contributed by atoms with Gasteiger partial charge in [-0.05, 0) is 97.7 Å². The van der Waals surface area contributed by atoms with Crippen LogP contribution in [0.3, 0.4) is 0 Å². The number of benzene rings is 11. The van der Waals surface area contributed by atoms with Gasteiger partial charge in [-0.1, -0.05) is 182 Å². The fourth-order valence-corrected chi connectivity index (χ4v) is 10.2. The lowest BCUT2D eigenvalue weighted by Crippen LogP contribution is -2.02. The van der Waals surface area contributed by atoms with Crippen LogP contribution in [-0.2, 0) is 0 Å². The zero-order valence-electron chi connectivity index (χ0n) is 36.6. The summed E-state index contributed by atoms with van der Waals surface area (Å²) in [6.07, 6.45) is 0. The largest absolute Gasteiger partial charge is 0.455 e. The number of hydrogen-bond donors (Lipinski definition) is 0. The first-order chi connectivity index (χ1) is 33.7. The van der Waals surface area contributed by atoms with Crippen LogP contribution >= 0.6 is 0 Å². The van der Waals surface area contributed by atoms with Gasteiger partial charge in [-0.3, -0.25) is 0 Å². The fraction of sp³-hybridized carbons (Fsp3) is 0. The van der Waals surface area contributed by atoms with E-state index in [2.05, 4.69) is 223 Å². The van der Waals surface area contributed by atoms with E-state index in [9.17, 15) is 0 Å². The van der Waals surface area contributed by atoms with Crippen molar-refractivity contribution in [2.45, 2.75) is 0 Å². The first-order valence-electron chi connectivity index (χ1n) is 23.0. The molecule has 11 aromatic carbocycles. The van der Waals surface area contributed by atoms with Gasteiger partial charge in [0.05, 0.1) is 16.6 Å². The van der Waals surface area contributed by atoms with Gasteiger partial charge in [0, 0.05) is 43.7 Å². The van der Waals surface area contributed by atoms with Crippen LogP contribution in [0.1, 0.15) is 0 Å². The standard InChI is InChI=1S/C63H38N4O/c1-3-14-39(15-4-1)41-26-28-43(29-27-41)61-64-62(49-24-13-23-44(32-49)40-16-5-2-6-17-40)66-63(65-61)56-38-50(37-55-52-31-30-42-18-11-12-25-51(42)59(52)68-60(55)56)67-57-35-47-21-9-7-19-45(47)33-53(57)54-34-46-20-8-10-22-48(46)36-58(54)67/h1-38H. The van der Waals surface area contributed by atoms with Gasteiger partial charge >= 0.3 is 0 Å². The van der Waals surface area contributed by atoms with Crippen molar-refractivity contribution in [3.63, 3.8) is 0 Å². The predicted octanol–water partition coefficient (Wildman–Crippen LogP) is 16.7. The smallest absolute Gasteiger partial charge is 0.167 e. The minimum atomic E-state index is 0.522. The third-order valence-electron chi connectivity index (χ3n) is 13.6. The van der Waals surface area contributed by atoms with E-state index in [0.29, 0.717) is 17.5 Å². The highest BCUT2D eigenvalue weighted by atomic mass is 16.3. The molecule has 0 aliphatic heterocycles. The monoisotopic (exact) mass is 866 g/mol. The molecule has 3 heterocycles. The first-order valence-corrected chi connectivity index (χ1v) is 23.0. The molecule has 5 nitrogen and oxygen atoms in total. The molecule has 14 rings (SSSR count). The van der Waals surface area contributed by atoms with Gasteiger partial charge in [0.1, 0.15) is 11.2 Å². The SMILES string of the molecule is c1ccc(-c2ccc(-c3nc(-c4cccc(-c5ccccc5)c4)nc(-c4cc(-n5c6cc7ccccc7cc6c6cc7ccccc7cc65)cc5c4oc4c6ccccc6ccc54)n3)cc2)cc1. The minimum Gasteiger partial charge on any atom is -0.455 e. The van der Waals surface area contributed by atoms with Gasteiger partial charge in [0.2, 0.25) is 0 Å². The van der Waals surface area contributed by atoms with Crippen molar-refractivity contribution in [2.24, 2.45) is 0 Å². The van der Waals surface area contributed by atoms with Crippen molar-refractivity contribution < 1.29 is 4.42 Å². The Balaban J connectivity index is 1.07. The number of nitrogens with zero attached hydrogens (tertiary/aromatic N) is 4. The minimum absolute atomic E-state index is 0.522. The van der Waals surface area contributed by atoms with Gasteiger partial charge in [0.25, 0.3) is 0 Å². The third-order valence-corrected chi connectivity index (χ3v) is 13.6. The number of rotatable bonds is 6. The zero-order chi connectivity index (χ0) is 44.7. The summed E-state index contributed by atoms with van der Waals surface area (Å²) in [5.41, 5.74) is 11.8. The Kier molecular flexibility index (Phi) is 8.52. The van der Waals surface area contributed by atoms with Crippen LogP contribution in [0, 0.1) is 0 Å². The lowest BCUT2D eigenvalue weighted by atomic mass is 10.0. The van der Waals surface area contributed by atoms with E-state index in [4.69, 9.17) is 19.4 Å². The van der Waals surface area contributed by atoms with Gasteiger partial charge in [-0.25, -0.2) is 15.0 Å². The molecule has 0 aliphatic carbocycles. The third kappa shape index (κ3) is 6.21. The number of aromatic nitrogens is 4. The number of fused-ring (bicyclic) bond motifs is 10. The second kappa shape index (κ2) is 15.2. The average molecular weight is 867 g/mol. The topological polar surface area (TPSA) is 56.7 Å². The lowest BCUT2D eigenvalue weighted by molar-refractivity contribution is 0.673. The Morgan fingerprint density at radius 3 is 1.44 bits per heavy atom. The molecule has 0 aliphatic rings. The first kappa shape index (κ1) is 38.1. The average Bonchev–Trinajstić information content (AvgIpc) is 3.94. The summed E-state index contributed by atoms with van der Waals surface area (Å²) in [5.74, 6) is 1.67. The van der Waals surface area contributed by atoms with Gasteiger partial charge in [0.15, 0.2) is 17.5 Å². The molecule has 0 N–H and O–H groups in total. The Morgan fingerprint density at radius 1 is 0.279 bits per heavy atom. The van der Waals surface area contributed by atoms with Gasteiger partial charge < -0.3 is 8.98 Å². The fourth-order valence-electron chi connectivity index (χ4n) is 10.2. The van der Waals surface area contributed by atoms with E-state index in [1.807, 2.05) is 12.1 Å². The lowest BCUT2D eigenvalue weighted by Gasteiger charge is -2.13. The summed E-state index contributed by atoms with van der Waals surface area (Å²) in [5, 5.41) is 11.3. The Hall–Kier alpha value is -9.19. The van der Waals surface area contributed by atoms with E-state index in [0.717, 1.165) is 88.4 Å². The second-order valence-electron chi connectivity index (χ2n) is 17.6. The highest BCUT2D eigenvalue weighted by Crippen LogP contribution is 2.43. The predicted molar refractivity (Wildman–Crippen MR) is 281 cm³/mol. The van der Waals surface area contributed by atoms with Crippen LogP contribution in [0.4, 0.5) is 0 Å². The van der Waals surface area contributed by atoms with Crippen LogP contribution in [-0.4, -0.2) is 19.5 Å².